The van der Waals surface area contributed by atoms with E-state index < -0.39 is 0 Å². The summed E-state index contributed by atoms with van der Waals surface area (Å²) in [7, 11) is 0. The molecular weight excluding hydrogens is 296 g/mol. The summed E-state index contributed by atoms with van der Waals surface area (Å²) in [5, 5.41) is 0. The van der Waals surface area contributed by atoms with E-state index in [4.69, 9.17) is 9.97 Å². The Hall–Kier alpha value is -3.27. The zero-order valence-electron chi connectivity index (χ0n) is 13.2. The van der Waals surface area contributed by atoms with Gasteiger partial charge in [0.25, 0.3) is 5.65 Å². The van der Waals surface area contributed by atoms with E-state index in [0.29, 0.717) is 0 Å². The van der Waals surface area contributed by atoms with Crippen LogP contribution in [0.25, 0.3) is 33.7 Å². The monoisotopic (exact) mass is 311 g/mol. The molecule has 0 aliphatic rings. The third-order valence-electron chi connectivity index (χ3n) is 4.36. The Morgan fingerprint density at radius 1 is 0.875 bits per heavy atom. The summed E-state index contributed by atoms with van der Waals surface area (Å²) < 4.78 is 4.24. The number of fused-ring (bicyclic) bond motifs is 4. The lowest BCUT2D eigenvalue weighted by Gasteiger charge is -2.05. The molecule has 0 radical (unpaired) electrons. The summed E-state index contributed by atoms with van der Waals surface area (Å²) in [5.74, 6) is 0. The third kappa shape index (κ3) is 1.83. The molecule has 0 saturated heterocycles. The summed E-state index contributed by atoms with van der Waals surface area (Å²) in [5.41, 5.74) is 7.10. The standard InChI is InChI=1S/C20H15N4/c1-14-8-10-15(11-9-14)18-19-20(21-16-6-2-4-12-23(16)18)22-17-7-3-5-13-24(17)19/h2-13H,1H3/q+1. The average molecular weight is 311 g/mol. The molecule has 0 saturated carbocycles. The predicted molar refractivity (Wildman–Crippen MR) is 93.8 cm³/mol. The molecule has 4 aromatic heterocycles. The maximum absolute atomic E-state index is 4.75. The van der Waals surface area contributed by atoms with Crippen molar-refractivity contribution in [1.29, 1.82) is 0 Å². The molecule has 5 aromatic rings. The van der Waals surface area contributed by atoms with E-state index in [1.54, 1.807) is 0 Å². The molecule has 0 N–H and O–H groups in total. The van der Waals surface area contributed by atoms with E-state index >= 15 is 0 Å². The number of benzene rings is 1. The predicted octanol–water partition coefficient (Wildman–Crippen LogP) is 3.60. The lowest BCUT2D eigenvalue weighted by Crippen LogP contribution is -2.26. The minimum Gasteiger partial charge on any atom is -0.293 e. The second kappa shape index (κ2) is 4.86. The van der Waals surface area contributed by atoms with Crippen molar-refractivity contribution >= 4 is 22.5 Å². The van der Waals surface area contributed by atoms with Crippen molar-refractivity contribution in [2.24, 2.45) is 0 Å². The molecule has 0 spiro atoms. The van der Waals surface area contributed by atoms with Crippen molar-refractivity contribution in [3.8, 4) is 11.3 Å². The van der Waals surface area contributed by atoms with Gasteiger partial charge in [0.2, 0.25) is 0 Å². The number of imidazole rings is 1. The Morgan fingerprint density at radius 2 is 1.71 bits per heavy atom. The van der Waals surface area contributed by atoms with Gasteiger partial charge in [0.15, 0.2) is 11.2 Å². The second-order valence-electron chi connectivity index (χ2n) is 5.97. The normalized spacial score (nSPS) is 11.5. The Bertz CT molecular complexity index is 1200. The minimum atomic E-state index is 0.767. The first-order valence-corrected chi connectivity index (χ1v) is 7.95. The highest BCUT2D eigenvalue weighted by molar-refractivity contribution is 5.89. The Balaban J connectivity index is 2.04. The third-order valence-corrected chi connectivity index (χ3v) is 4.36. The smallest absolute Gasteiger partial charge is 0.293 e. The lowest BCUT2D eigenvalue weighted by molar-refractivity contribution is -0.500. The van der Waals surface area contributed by atoms with Crippen LogP contribution in [0.15, 0.2) is 73.1 Å². The number of rotatable bonds is 1. The highest BCUT2D eigenvalue weighted by Crippen LogP contribution is 2.26. The maximum atomic E-state index is 4.75. The molecule has 1 aromatic carbocycles. The molecule has 0 amide bonds. The summed E-state index contributed by atoms with van der Waals surface area (Å²) in [6, 6.07) is 20.7. The first kappa shape index (κ1) is 13.2. The van der Waals surface area contributed by atoms with Crippen molar-refractivity contribution in [3.05, 3.63) is 78.6 Å². The van der Waals surface area contributed by atoms with Gasteiger partial charge in [-0.1, -0.05) is 42.0 Å². The molecule has 0 aliphatic heterocycles. The Morgan fingerprint density at radius 3 is 2.58 bits per heavy atom. The molecule has 114 valence electrons. The van der Waals surface area contributed by atoms with Crippen LogP contribution in [0, 0.1) is 6.92 Å². The number of pyridine rings is 2. The molecule has 4 heteroatoms. The first-order chi connectivity index (χ1) is 11.8. The van der Waals surface area contributed by atoms with Gasteiger partial charge in [-0.25, -0.2) is 0 Å². The van der Waals surface area contributed by atoms with Crippen molar-refractivity contribution in [2.75, 3.05) is 0 Å². The number of hydrogen-bond donors (Lipinski definition) is 0. The van der Waals surface area contributed by atoms with Gasteiger partial charge in [-0.15, -0.1) is 0 Å². The minimum absolute atomic E-state index is 0.767. The van der Waals surface area contributed by atoms with Gasteiger partial charge in [-0.05, 0) is 30.1 Å². The summed E-state index contributed by atoms with van der Waals surface area (Å²) in [4.78, 5) is 9.46. The van der Waals surface area contributed by atoms with E-state index in [-0.39, 0.29) is 0 Å². The average Bonchev–Trinajstić information content (AvgIpc) is 2.98. The van der Waals surface area contributed by atoms with Crippen molar-refractivity contribution in [1.82, 2.24) is 14.4 Å². The molecule has 0 aliphatic carbocycles. The number of nitrogens with zero attached hydrogens (tertiary/aromatic N) is 4. The zero-order chi connectivity index (χ0) is 16.1. The quantitative estimate of drug-likeness (QED) is 0.443. The largest absolute Gasteiger partial charge is 0.330 e. The van der Waals surface area contributed by atoms with Crippen LogP contribution in [0.5, 0.6) is 0 Å². The highest BCUT2D eigenvalue weighted by Gasteiger charge is 2.22. The van der Waals surface area contributed by atoms with Gasteiger partial charge in [0.1, 0.15) is 5.65 Å². The van der Waals surface area contributed by atoms with Crippen molar-refractivity contribution in [2.45, 2.75) is 6.92 Å². The second-order valence-corrected chi connectivity index (χ2v) is 5.97. The van der Waals surface area contributed by atoms with Crippen LogP contribution in [0.1, 0.15) is 5.56 Å². The molecule has 0 bridgehead atoms. The van der Waals surface area contributed by atoms with E-state index in [9.17, 15) is 0 Å². The van der Waals surface area contributed by atoms with Crippen LogP contribution in [0.2, 0.25) is 0 Å². The molecule has 24 heavy (non-hydrogen) atoms. The number of aryl methyl sites for hydroxylation is 1. The van der Waals surface area contributed by atoms with Crippen LogP contribution >= 0.6 is 0 Å². The van der Waals surface area contributed by atoms with Crippen LogP contribution in [-0.4, -0.2) is 14.4 Å². The molecular formula is C20H15N4+. The number of aromatic nitrogens is 4. The Labute approximate surface area is 138 Å². The molecule has 4 nitrogen and oxygen atoms in total. The topological polar surface area (TPSA) is 34.3 Å². The van der Waals surface area contributed by atoms with Gasteiger partial charge < -0.3 is 0 Å². The van der Waals surface area contributed by atoms with Gasteiger partial charge in [0, 0.05) is 17.8 Å². The molecule has 4 heterocycles. The van der Waals surface area contributed by atoms with E-state index in [1.807, 2.05) is 42.6 Å². The maximum Gasteiger partial charge on any atom is 0.330 e. The van der Waals surface area contributed by atoms with Crippen LogP contribution in [0.3, 0.4) is 0 Å². The van der Waals surface area contributed by atoms with Crippen LogP contribution in [-0.2, 0) is 0 Å². The first-order valence-electron chi connectivity index (χ1n) is 7.95. The van der Waals surface area contributed by atoms with Crippen molar-refractivity contribution in [3.63, 3.8) is 0 Å². The fourth-order valence-corrected chi connectivity index (χ4v) is 3.21. The SMILES string of the molecule is Cc1ccc(-c2c3c(nc4ccccn43)nc3cccc[n+]23)cc1. The lowest BCUT2D eigenvalue weighted by atomic mass is 10.1. The van der Waals surface area contributed by atoms with E-state index in [0.717, 1.165) is 33.7 Å². The Kier molecular flexibility index (Phi) is 2.67. The fraction of sp³-hybridized carbons (Fsp3) is 0.0500. The van der Waals surface area contributed by atoms with Gasteiger partial charge in [-0.3, -0.25) is 4.40 Å². The van der Waals surface area contributed by atoms with Crippen LogP contribution in [0.4, 0.5) is 0 Å². The fourth-order valence-electron chi connectivity index (χ4n) is 3.21. The van der Waals surface area contributed by atoms with Gasteiger partial charge in [0.05, 0.1) is 6.20 Å². The highest BCUT2D eigenvalue weighted by atomic mass is 15.1. The molecule has 0 atom stereocenters. The van der Waals surface area contributed by atoms with E-state index in [1.165, 1.54) is 5.56 Å². The molecule has 5 rings (SSSR count). The molecule has 0 fully saturated rings. The van der Waals surface area contributed by atoms with Crippen molar-refractivity contribution < 1.29 is 4.40 Å². The number of hydrogen-bond acceptors (Lipinski definition) is 2. The van der Waals surface area contributed by atoms with Gasteiger partial charge in [-0.2, -0.15) is 9.38 Å². The molecule has 0 unspecified atom stereocenters. The zero-order valence-corrected chi connectivity index (χ0v) is 13.2. The van der Waals surface area contributed by atoms with Crippen LogP contribution < -0.4 is 4.40 Å². The van der Waals surface area contributed by atoms with Gasteiger partial charge >= 0.3 is 5.65 Å². The van der Waals surface area contributed by atoms with E-state index in [2.05, 4.69) is 46.2 Å². The summed E-state index contributed by atoms with van der Waals surface area (Å²) in [6.45, 7) is 2.10. The summed E-state index contributed by atoms with van der Waals surface area (Å²) >= 11 is 0. The summed E-state index contributed by atoms with van der Waals surface area (Å²) in [6.07, 6.45) is 4.10.